The van der Waals surface area contributed by atoms with Crippen LogP contribution in [-0.2, 0) is 4.79 Å². The number of carboxylic acids is 1. The van der Waals surface area contributed by atoms with E-state index in [0.717, 1.165) is 28.9 Å². The zero-order valence-electron chi connectivity index (χ0n) is 9.71. The maximum atomic E-state index is 9.00. The Kier molecular flexibility index (Phi) is 4.33. The van der Waals surface area contributed by atoms with Crippen molar-refractivity contribution in [3.8, 4) is 0 Å². The van der Waals surface area contributed by atoms with E-state index >= 15 is 0 Å². The van der Waals surface area contributed by atoms with Gasteiger partial charge in [0.1, 0.15) is 0 Å². The van der Waals surface area contributed by atoms with Gasteiger partial charge in [-0.1, -0.05) is 18.2 Å². The third kappa shape index (κ3) is 2.80. The van der Waals surface area contributed by atoms with E-state index < -0.39 is 5.97 Å². The van der Waals surface area contributed by atoms with Crippen LogP contribution in [0.3, 0.4) is 0 Å². The average molecular weight is 247 g/mol. The molecule has 94 valence electrons. The van der Waals surface area contributed by atoms with Crippen LogP contribution in [0.4, 0.5) is 0 Å². The van der Waals surface area contributed by atoms with Gasteiger partial charge >= 0.3 is 0 Å². The fourth-order valence-corrected chi connectivity index (χ4v) is 1.54. The second-order valence-electron chi connectivity index (χ2n) is 3.46. The normalized spacial score (nSPS) is 9.39. The molecule has 18 heavy (non-hydrogen) atoms. The monoisotopic (exact) mass is 247 g/mol. The van der Waals surface area contributed by atoms with Crippen molar-refractivity contribution in [3.63, 3.8) is 0 Å². The number of nitrogens with one attached hydrogen (secondary N) is 1. The summed E-state index contributed by atoms with van der Waals surface area (Å²) in [5.74, 6) is -0.833. The Labute approximate surface area is 103 Å². The Bertz CT molecular complexity index is 660. The fourth-order valence-electron chi connectivity index (χ4n) is 1.54. The topological polar surface area (TPSA) is 110 Å². The van der Waals surface area contributed by atoms with Crippen LogP contribution in [0.5, 0.6) is 0 Å². The molecule has 6 heteroatoms. The van der Waals surface area contributed by atoms with Crippen LogP contribution in [0.1, 0.15) is 6.92 Å². The first-order valence-corrected chi connectivity index (χ1v) is 5.05. The van der Waals surface area contributed by atoms with Crippen molar-refractivity contribution < 1.29 is 15.4 Å². The first kappa shape index (κ1) is 13.6. The minimum absolute atomic E-state index is 0. The Balaban J connectivity index is 0.000000289. The quantitative estimate of drug-likeness (QED) is 0.625. The smallest absolute Gasteiger partial charge is 0.300 e. The Morgan fingerprint density at radius 3 is 2.67 bits per heavy atom. The lowest BCUT2D eigenvalue weighted by molar-refractivity contribution is -0.134. The second-order valence-corrected chi connectivity index (χ2v) is 3.46. The number of pyridine rings is 1. The number of carboxylic acid groups (broad SMARTS) is 1. The molecule has 2 heterocycles. The van der Waals surface area contributed by atoms with Crippen molar-refractivity contribution in [2.24, 2.45) is 0 Å². The van der Waals surface area contributed by atoms with Gasteiger partial charge in [0, 0.05) is 12.3 Å². The molecule has 0 unspecified atom stereocenters. The van der Waals surface area contributed by atoms with E-state index in [1.165, 1.54) is 0 Å². The van der Waals surface area contributed by atoms with E-state index in [9.17, 15) is 0 Å². The molecule has 2 aromatic heterocycles. The Morgan fingerprint density at radius 2 is 1.94 bits per heavy atom. The number of hydrogen-bond acceptors (Lipinski definition) is 3. The molecule has 0 aliphatic heterocycles. The molecule has 1 aromatic carbocycles. The average Bonchev–Trinajstić information content (AvgIpc) is 2.76. The molecule has 0 saturated heterocycles. The molecule has 0 fully saturated rings. The van der Waals surface area contributed by atoms with Crippen LogP contribution < -0.4 is 0 Å². The molecular weight excluding hydrogens is 234 g/mol. The summed E-state index contributed by atoms with van der Waals surface area (Å²) >= 11 is 0. The van der Waals surface area contributed by atoms with Crippen molar-refractivity contribution >= 4 is 27.9 Å². The van der Waals surface area contributed by atoms with Gasteiger partial charge in [0.2, 0.25) is 0 Å². The summed E-state index contributed by atoms with van der Waals surface area (Å²) in [6.07, 6.45) is 3.50. The van der Waals surface area contributed by atoms with E-state index in [1.54, 1.807) is 6.33 Å². The summed E-state index contributed by atoms with van der Waals surface area (Å²) in [5.41, 5.74) is 2.96. The Morgan fingerprint density at radius 1 is 1.28 bits per heavy atom. The summed E-state index contributed by atoms with van der Waals surface area (Å²) in [7, 11) is 0. The van der Waals surface area contributed by atoms with E-state index in [-0.39, 0.29) is 5.48 Å². The first-order valence-electron chi connectivity index (χ1n) is 5.05. The molecular formula is C12H13N3O3. The third-order valence-electron chi connectivity index (χ3n) is 2.16. The number of H-pyrrole nitrogens is 1. The molecule has 4 N–H and O–H groups in total. The first-order chi connectivity index (χ1) is 8.18. The maximum Gasteiger partial charge on any atom is 0.300 e. The molecule has 0 atom stereocenters. The van der Waals surface area contributed by atoms with Crippen molar-refractivity contribution in [1.29, 1.82) is 0 Å². The number of imidazole rings is 1. The summed E-state index contributed by atoms with van der Waals surface area (Å²) in [6, 6.07) is 8.00. The third-order valence-corrected chi connectivity index (χ3v) is 2.16. The maximum absolute atomic E-state index is 9.00. The highest BCUT2D eigenvalue weighted by atomic mass is 16.4. The lowest BCUT2D eigenvalue weighted by atomic mass is 10.2. The number of rotatable bonds is 0. The molecule has 0 saturated carbocycles. The molecule has 3 aromatic rings. The van der Waals surface area contributed by atoms with Crippen molar-refractivity contribution in [2.45, 2.75) is 6.92 Å². The number of aliphatic carboxylic acids is 1. The van der Waals surface area contributed by atoms with E-state index in [1.807, 2.05) is 30.5 Å². The number of carbonyl (C=O) groups is 1. The second kappa shape index (κ2) is 5.74. The molecule has 0 radical (unpaired) electrons. The molecule has 6 nitrogen and oxygen atoms in total. The number of aromatic nitrogens is 3. The van der Waals surface area contributed by atoms with Crippen LogP contribution in [0.2, 0.25) is 0 Å². The molecule has 3 rings (SSSR count). The van der Waals surface area contributed by atoms with Crippen LogP contribution in [0.15, 0.2) is 36.8 Å². The SMILES string of the molecule is CC(=O)O.O.c1ccc2c(c1)ncc1[nH]cnc12. The zero-order chi connectivity index (χ0) is 12.3. The van der Waals surface area contributed by atoms with E-state index in [4.69, 9.17) is 9.90 Å². The van der Waals surface area contributed by atoms with Gasteiger partial charge in [-0.2, -0.15) is 0 Å². The van der Waals surface area contributed by atoms with Gasteiger partial charge in [0.05, 0.1) is 29.1 Å². The predicted molar refractivity (Wildman–Crippen MR) is 68.3 cm³/mol. The zero-order valence-corrected chi connectivity index (χ0v) is 9.71. The summed E-state index contributed by atoms with van der Waals surface area (Å²) < 4.78 is 0. The molecule has 0 aliphatic rings. The van der Waals surface area contributed by atoms with Crippen LogP contribution in [0, 0.1) is 0 Å². The highest BCUT2D eigenvalue weighted by molar-refractivity contribution is 6.01. The Hall–Kier alpha value is -2.47. The summed E-state index contributed by atoms with van der Waals surface area (Å²) in [4.78, 5) is 20.6. The highest BCUT2D eigenvalue weighted by Gasteiger charge is 2.01. The van der Waals surface area contributed by atoms with Gasteiger partial charge in [0.25, 0.3) is 5.97 Å². The van der Waals surface area contributed by atoms with Crippen molar-refractivity contribution in [1.82, 2.24) is 15.0 Å². The van der Waals surface area contributed by atoms with Crippen LogP contribution >= 0.6 is 0 Å². The van der Waals surface area contributed by atoms with Gasteiger partial charge < -0.3 is 15.6 Å². The van der Waals surface area contributed by atoms with E-state index in [0.29, 0.717) is 0 Å². The fraction of sp³-hybridized carbons (Fsp3) is 0.0833. The molecule has 0 amide bonds. The van der Waals surface area contributed by atoms with E-state index in [2.05, 4.69) is 15.0 Å². The molecule has 0 bridgehead atoms. The van der Waals surface area contributed by atoms with Gasteiger partial charge in [-0.05, 0) is 6.07 Å². The lowest BCUT2D eigenvalue weighted by Gasteiger charge is -1.95. The van der Waals surface area contributed by atoms with Crippen LogP contribution in [-0.4, -0.2) is 31.5 Å². The number of para-hydroxylation sites is 1. The van der Waals surface area contributed by atoms with Gasteiger partial charge in [-0.25, -0.2) is 4.98 Å². The van der Waals surface area contributed by atoms with Crippen LogP contribution in [0.25, 0.3) is 21.9 Å². The summed E-state index contributed by atoms with van der Waals surface area (Å²) in [5, 5.41) is 8.52. The number of hydrogen-bond donors (Lipinski definition) is 2. The number of benzene rings is 1. The van der Waals surface area contributed by atoms with Gasteiger partial charge in [-0.3, -0.25) is 9.78 Å². The minimum Gasteiger partial charge on any atom is -0.481 e. The van der Waals surface area contributed by atoms with Gasteiger partial charge in [-0.15, -0.1) is 0 Å². The largest absolute Gasteiger partial charge is 0.481 e. The standard InChI is InChI=1S/C10H7N3.C2H4O2.H2O/c1-2-4-8-7(3-1)10-9(5-11-8)12-6-13-10;1-2(3)4;/h1-6H,(H,12,13);1H3,(H,3,4);1H2. The number of aromatic amines is 1. The lowest BCUT2D eigenvalue weighted by Crippen LogP contribution is -1.79. The molecule has 0 spiro atoms. The molecule has 0 aliphatic carbocycles. The number of fused-ring (bicyclic) bond motifs is 3. The van der Waals surface area contributed by atoms with Crippen molar-refractivity contribution in [3.05, 3.63) is 36.8 Å². The predicted octanol–water partition coefficient (Wildman–Crippen LogP) is 1.38. The minimum atomic E-state index is -0.833. The van der Waals surface area contributed by atoms with Gasteiger partial charge in [0.15, 0.2) is 0 Å². The highest BCUT2D eigenvalue weighted by Crippen LogP contribution is 2.19. The number of nitrogens with zero attached hydrogens (tertiary/aromatic N) is 2. The van der Waals surface area contributed by atoms with Crippen molar-refractivity contribution in [2.75, 3.05) is 0 Å². The summed E-state index contributed by atoms with van der Waals surface area (Å²) in [6.45, 7) is 1.08.